The van der Waals surface area contributed by atoms with Gasteiger partial charge >= 0.3 is 0 Å². The minimum atomic E-state index is -0.303. The summed E-state index contributed by atoms with van der Waals surface area (Å²) in [7, 11) is 0. The van der Waals surface area contributed by atoms with Gasteiger partial charge in [0.05, 0.1) is 10.0 Å². The van der Waals surface area contributed by atoms with Crippen LogP contribution >= 0.6 is 23.2 Å². The molecule has 23 heavy (non-hydrogen) atoms. The highest BCUT2D eigenvalue weighted by Gasteiger charge is 2.33. The van der Waals surface area contributed by atoms with E-state index in [0.29, 0.717) is 33.3 Å². The van der Waals surface area contributed by atoms with E-state index in [4.69, 9.17) is 23.2 Å². The molecule has 1 aliphatic heterocycles. The number of hydrogen-bond donors (Lipinski definition) is 0. The standard InChI is InChI=1S/C18H13Cl2NO2/c1-2-21-17(22)13-6-4-3-5-12(13)14(18(21)23)9-11-7-8-15(19)16(20)10-11/h3-10H,2H2,1H3. The van der Waals surface area contributed by atoms with Crippen molar-refractivity contribution in [1.29, 1.82) is 0 Å². The molecule has 0 fully saturated rings. The highest BCUT2D eigenvalue weighted by Crippen LogP contribution is 2.31. The minimum Gasteiger partial charge on any atom is -0.275 e. The van der Waals surface area contributed by atoms with Crippen molar-refractivity contribution < 1.29 is 9.59 Å². The minimum absolute atomic E-state index is 0.264. The van der Waals surface area contributed by atoms with E-state index < -0.39 is 0 Å². The molecule has 0 saturated carbocycles. The van der Waals surface area contributed by atoms with Gasteiger partial charge in [-0.15, -0.1) is 0 Å². The predicted molar refractivity (Wildman–Crippen MR) is 92.5 cm³/mol. The predicted octanol–water partition coefficient (Wildman–Crippen LogP) is 4.54. The van der Waals surface area contributed by atoms with Crippen LogP contribution in [0.25, 0.3) is 11.6 Å². The number of benzene rings is 2. The molecule has 0 aromatic heterocycles. The number of carbonyl (C=O) groups is 2. The van der Waals surface area contributed by atoms with Gasteiger partial charge in [0, 0.05) is 17.7 Å². The van der Waals surface area contributed by atoms with Crippen molar-refractivity contribution in [1.82, 2.24) is 4.90 Å². The van der Waals surface area contributed by atoms with Crippen LogP contribution < -0.4 is 0 Å². The first-order valence-corrected chi connectivity index (χ1v) is 7.91. The summed E-state index contributed by atoms with van der Waals surface area (Å²) in [5.74, 6) is -0.568. The maximum Gasteiger partial charge on any atom is 0.261 e. The molecule has 0 saturated heterocycles. The number of imide groups is 1. The summed E-state index contributed by atoms with van der Waals surface area (Å²) in [6, 6.07) is 12.3. The van der Waals surface area contributed by atoms with Gasteiger partial charge < -0.3 is 0 Å². The molecule has 0 unspecified atom stereocenters. The van der Waals surface area contributed by atoms with Crippen molar-refractivity contribution in [3.05, 3.63) is 69.2 Å². The lowest BCUT2D eigenvalue weighted by atomic mass is 9.92. The average molecular weight is 346 g/mol. The fourth-order valence-corrected chi connectivity index (χ4v) is 2.90. The lowest BCUT2D eigenvalue weighted by Crippen LogP contribution is -2.41. The van der Waals surface area contributed by atoms with Crippen LogP contribution in [0.3, 0.4) is 0 Å². The number of rotatable bonds is 2. The number of carbonyl (C=O) groups excluding carboxylic acids is 2. The molecular formula is C18H13Cl2NO2. The Kier molecular flexibility index (Phi) is 4.24. The van der Waals surface area contributed by atoms with Crippen LogP contribution in [-0.4, -0.2) is 23.3 Å². The zero-order valence-corrected chi connectivity index (χ0v) is 13.9. The molecule has 2 aromatic rings. The SMILES string of the molecule is CCN1C(=O)C(=Cc2ccc(Cl)c(Cl)c2)c2ccccc2C1=O. The Labute approximate surface area is 144 Å². The van der Waals surface area contributed by atoms with Crippen molar-refractivity contribution in [3.63, 3.8) is 0 Å². The van der Waals surface area contributed by atoms with Crippen molar-refractivity contribution in [2.45, 2.75) is 6.92 Å². The number of fused-ring (bicyclic) bond motifs is 1. The van der Waals surface area contributed by atoms with E-state index >= 15 is 0 Å². The Balaban J connectivity index is 2.18. The van der Waals surface area contributed by atoms with Gasteiger partial charge in [-0.3, -0.25) is 14.5 Å². The molecule has 0 aliphatic carbocycles. The topological polar surface area (TPSA) is 37.4 Å². The lowest BCUT2D eigenvalue weighted by Gasteiger charge is -2.27. The molecule has 1 heterocycles. The summed E-state index contributed by atoms with van der Waals surface area (Å²) in [6.07, 6.45) is 1.73. The number of halogens is 2. The maximum absolute atomic E-state index is 12.7. The second-order valence-corrected chi connectivity index (χ2v) is 5.95. The maximum atomic E-state index is 12.7. The van der Waals surface area contributed by atoms with Gasteiger partial charge in [0.1, 0.15) is 0 Å². The first kappa shape index (κ1) is 15.8. The van der Waals surface area contributed by atoms with Crippen LogP contribution in [0, 0.1) is 0 Å². The lowest BCUT2D eigenvalue weighted by molar-refractivity contribution is -0.122. The van der Waals surface area contributed by atoms with E-state index in [1.807, 2.05) is 6.07 Å². The Morgan fingerprint density at radius 2 is 1.65 bits per heavy atom. The number of amides is 2. The Hall–Kier alpha value is -2.10. The normalized spacial score (nSPS) is 16.0. The molecule has 2 amide bonds. The second kappa shape index (κ2) is 6.19. The monoisotopic (exact) mass is 345 g/mol. The van der Waals surface area contributed by atoms with Crippen molar-refractivity contribution in [2.24, 2.45) is 0 Å². The van der Waals surface area contributed by atoms with Gasteiger partial charge in [-0.05, 0) is 42.3 Å². The van der Waals surface area contributed by atoms with Crippen LogP contribution in [0.5, 0.6) is 0 Å². The van der Waals surface area contributed by atoms with Crippen molar-refractivity contribution in [2.75, 3.05) is 6.54 Å². The molecule has 3 nitrogen and oxygen atoms in total. The molecule has 2 aromatic carbocycles. The molecule has 1 aliphatic rings. The summed E-state index contributed by atoms with van der Waals surface area (Å²) in [6.45, 7) is 2.10. The zero-order chi connectivity index (χ0) is 16.6. The molecule has 3 rings (SSSR count). The van der Waals surface area contributed by atoms with Crippen LogP contribution in [-0.2, 0) is 4.79 Å². The Bertz CT molecular complexity index is 843. The van der Waals surface area contributed by atoms with Gasteiger partial charge in [-0.2, -0.15) is 0 Å². The van der Waals surface area contributed by atoms with E-state index in [1.165, 1.54) is 4.90 Å². The van der Waals surface area contributed by atoms with Crippen LogP contribution in [0.4, 0.5) is 0 Å². The van der Waals surface area contributed by atoms with E-state index in [2.05, 4.69) is 0 Å². The zero-order valence-electron chi connectivity index (χ0n) is 12.3. The molecule has 5 heteroatoms. The summed E-state index contributed by atoms with van der Waals surface area (Å²) in [5, 5.41) is 0.871. The first-order chi connectivity index (χ1) is 11.0. The number of nitrogens with zero attached hydrogens (tertiary/aromatic N) is 1. The summed E-state index contributed by atoms with van der Waals surface area (Å²) in [4.78, 5) is 26.3. The third-order valence-corrected chi connectivity index (χ3v) is 4.48. The molecular weight excluding hydrogens is 333 g/mol. The average Bonchev–Trinajstić information content (AvgIpc) is 2.55. The fraction of sp³-hybridized carbons (Fsp3) is 0.111. The molecule has 0 spiro atoms. The quantitative estimate of drug-likeness (QED) is 0.592. The summed E-state index contributed by atoms with van der Waals surface area (Å²) >= 11 is 12.0. The molecule has 0 bridgehead atoms. The van der Waals surface area contributed by atoms with E-state index in [9.17, 15) is 9.59 Å². The summed E-state index contributed by atoms with van der Waals surface area (Å²) in [5.41, 5.74) is 2.39. The number of likely N-dealkylation sites (N-methyl/N-ethyl adjacent to an activating group) is 1. The van der Waals surface area contributed by atoms with Gasteiger partial charge in [0.25, 0.3) is 11.8 Å². The molecule has 0 N–H and O–H groups in total. The van der Waals surface area contributed by atoms with Crippen LogP contribution in [0.15, 0.2) is 42.5 Å². The Morgan fingerprint density at radius 3 is 2.30 bits per heavy atom. The fourth-order valence-electron chi connectivity index (χ4n) is 2.60. The highest BCUT2D eigenvalue weighted by molar-refractivity contribution is 6.42. The largest absolute Gasteiger partial charge is 0.275 e. The summed E-state index contributed by atoms with van der Waals surface area (Å²) < 4.78 is 0. The second-order valence-electron chi connectivity index (χ2n) is 5.13. The van der Waals surface area contributed by atoms with Crippen LogP contribution in [0.2, 0.25) is 10.0 Å². The molecule has 0 atom stereocenters. The smallest absolute Gasteiger partial charge is 0.261 e. The van der Waals surface area contributed by atoms with Gasteiger partial charge in [0.15, 0.2) is 0 Å². The molecule has 0 radical (unpaired) electrons. The van der Waals surface area contributed by atoms with Gasteiger partial charge in [-0.25, -0.2) is 0 Å². The van der Waals surface area contributed by atoms with E-state index in [-0.39, 0.29) is 11.8 Å². The Morgan fingerprint density at radius 1 is 0.957 bits per heavy atom. The first-order valence-electron chi connectivity index (χ1n) is 7.15. The highest BCUT2D eigenvalue weighted by atomic mass is 35.5. The molecule has 116 valence electrons. The van der Waals surface area contributed by atoms with Crippen LogP contribution in [0.1, 0.15) is 28.4 Å². The van der Waals surface area contributed by atoms with Crippen molar-refractivity contribution in [3.8, 4) is 0 Å². The van der Waals surface area contributed by atoms with Gasteiger partial charge in [0.2, 0.25) is 0 Å². The van der Waals surface area contributed by atoms with E-state index in [1.54, 1.807) is 49.4 Å². The third kappa shape index (κ3) is 2.78. The van der Waals surface area contributed by atoms with Crippen molar-refractivity contribution >= 4 is 46.7 Å². The third-order valence-electron chi connectivity index (χ3n) is 3.74. The van der Waals surface area contributed by atoms with Gasteiger partial charge in [-0.1, -0.05) is 47.5 Å². The van der Waals surface area contributed by atoms with E-state index in [0.717, 1.165) is 5.56 Å². The number of hydrogen-bond acceptors (Lipinski definition) is 2.